The Kier molecular flexibility index (Phi) is 5.16. The number of ether oxygens (including phenoxy) is 2. The van der Waals surface area contributed by atoms with E-state index in [-0.39, 0.29) is 6.61 Å². The molecule has 0 aliphatic heterocycles. The lowest BCUT2D eigenvalue weighted by Gasteiger charge is -2.04. The lowest BCUT2D eigenvalue weighted by molar-refractivity contribution is 0.147. The van der Waals surface area contributed by atoms with Crippen LogP contribution in [0.1, 0.15) is 6.42 Å². The second-order valence-corrected chi connectivity index (χ2v) is 3.93. The lowest BCUT2D eigenvalue weighted by atomic mass is 10.5. The van der Waals surface area contributed by atoms with Crippen LogP contribution in [0.3, 0.4) is 0 Å². The van der Waals surface area contributed by atoms with Crippen LogP contribution in [-0.4, -0.2) is 24.3 Å². The van der Waals surface area contributed by atoms with Gasteiger partial charge < -0.3 is 15.2 Å². The molecular formula is C9H11IN2O3. The highest BCUT2D eigenvalue weighted by Gasteiger charge is 1.96. The first-order valence-corrected chi connectivity index (χ1v) is 5.43. The van der Waals surface area contributed by atoms with E-state index in [0.29, 0.717) is 18.9 Å². The maximum atomic E-state index is 10.2. The molecule has 0 radical (unpaired) electrons. The molecular weight excluding hydrogens is 311 g/mol. The first-order valence-electron chi connectivity index (χ1n) is 4.35. The van der Waals surface area contributed by atoms with Crippen LogP contribution < -0.4 is 10.5 Å². The minimum Gasteiger partial charge on any atom is -0.478 e. The maximum Gasteiger partial charge on any atom is 0.404 e. The van der Waals surface area contributed by atoms with Gasteiger partial charge in [-0.25, -0.2) is 9.78 Å². The van der Waals surface area contributed by atoms with E-state index in [0.717, 1.165) is 3.57 Å². The summed E-state index contributed by atoms with van der Waals surface area (Å²) in [5.74, 6) is 0.564. The van der Waals surface area contributed by atoms with Gasteiger partial charge in [-0.1, -0.05) is 0 Å². The zero-order valence-electron chi connectivity index (χ0n) is 7.98. The third-order valence-corrected chi connectivity index (χ3v) is 2.12. The smallest absolute Gasteiger partial charge is 0.404 e. The van der Waals surface area contributed by atoms with Crippen molar-refractivity contribution in [3.63, 3.8) is 0 Å². The molecule has 2 N–H and O–H groups in total. The Morgan fingerprint density at radius 2 is 2.27 bits per heavy atom. The zero-order chi connectivity index (χ0) is 11.1. The second kappa shape index (κ2) is 6.44. The number of amides is 1. The number of hydrogen-bond donors (Lipinski definition) is 1. The molecule has 0 aliphatic rings. The minimum absolute atomic E-state index is 0.264. The molecule has 5 nitrogen and oxygen atoms in total. The molecule has 0 saturated carbocycles. The highest BCUT2D eigenvalue weighted by Crippen LogP contribution is 2.09. The van der Waals surface area contributed by atoms with Crippen molar-refractivity contribution in [2.24, 2.45) is 5.73 Å². The fourth-order valence-corrected chi connectivity index (χ4v) is 1.18. The number of aromatic nitrogens is 1. The van der Waals surface area contributed by atoms with E-state index in [2.05, 4.69) is 32.3 Å². The molecule has 1 heterocycles. The summed E-state index contributed by atoms with van der Waals surface area (Å²) in [5, 5.41) is 0. The third kappa shape index (κ3) is 5.40. The SMILES string of the molecule is NC(=O)OCCCOc1ccc(I)cn1. The Bertz CT molecular complexity index is 316. The largest absolute Gasteiger partial charge is 0.478 e. The summed E-state index contributed by atoms with van der Waals surface area (Å²) < 4.78 is 10.9. The van der Waals surface area contributed by atoms with Gasteiger partial charge in [0.15, 0.2) is 0 Å². The summed E-state index contributed by atoms with van der Waals surface area (Å²) in [6, 6.07) is 3.69. The molecule has 0 spiro atoms. The van der Waals surface area contributed by atoms with Gasteiger partial charge in [-0.3, -0.25) is 0 Å². The van der Waals surface area contributed by atoms with Crippen molar-refractivity contribution in [3.05, 3.63) is 21.9 Å². The quantitative estimate of drug-likeness (QED) is 0.659. The average molecular weight is 322 g/mol. The summed E-state index contributed by atoms with van der Waals surface area (Å²) >= 11 is 2.17. The van der Waals surface area contributed by atoms with Crippen molar-refractivity contribution in [1.29, 1.82) is 0 Å². The molecule has 82 valence electrons. The number of pyridine rings is 1. The first-order chi connectivity index (χ1) is 7.18. The first kappa shape index (κ1) is 12.0. The highest BCUT2D eigenvalue weighted by atomic mass is 127. The van der Waals surface area contributed by atoms with Crippen LogP contribution in [0.4, 0.5) is 4.79 Å². The molecule has 0 unspecified atom stereocenters. The monoisotopic (exact) mass is 322 g/mol. The second-order valence-electron chi connectivity index (χ2n) is 2.68. The predicted molar refractivity (Wildman–Crippen MR) is 62.6 cm³/mol. The lowest BCUT2D eigenvalue weighted by Crippen LogP contribution is -2.15. The van der Waals surface area contributed by atoms with Crippen molar-refractivity contribution in [3.8, 4) is 5.88 Å². The van der Waals surface area contributed by atoms with Crippen LogP contribution in [0.2, 0.25) is 0 Å². The van der Waals surface area contributed by atoms with Crippen LogP contribution in [0, 0.1) is 3.57 Å². The molecule has 1 aromatic heterocycles. The highest BCUT2D eigenvalue weighted by molar-refractivity contribution is 14.1. The number of nitrogens with two attached hydrogens (primary N) is 1. The number of rotatable bonds is 5. The van der Waals surface area contributed by atoms with Crippen molar-refractivity contribution in [2.75, 3.05) is 13.2 Å². The number of hydrogen-bond acceptors (Lipinski definition) is 4. The number of carbonyl (C=O) groups is 1. The summed E-state index contributed by atoms with van der Waals surface area (Å²) in [6.45, 7) is 0.709. The fraction of sp³-hybridized carbons (Fsp3) is 0.333. The molecule has 1 aromatic rings. The predicted octanol–water partition coefficient (Wildman–Crippen LogP) is 1.55. The minimum atomic E-state index is -0.762. The van der Waals surface area contributed by atoms with Gasteiger partial charge in [-0.15, -0.1) is 0 Å². The Balaban J connectivity index is 2.15. The number of nitrogens with zero attached hydrogens (tertiary/aromatic N) is 1. The van der Waals surface area contributed by atoms with Crippen LogP contribution in [0.15, 0.2) is 18.3 Å². The number of halogens is 1. The van der Waals surface area contributed by atoms with Crippen molar-refractivity contribution < 1.29 is 14.3 Å². The Labute approximate surface area is 101 Å². The van der Waals surface area contributed by atoms with Crippen LogP contribution in [0.5, 0.6) is 5.88 Å². The molecule has 6 heteroatoms. The normalized spacial score (nSPS) is 9.67. The van der Waals surface area contributed by atoms with E-state index in [9.17, 15) is 4.79 Å². The van der Waals surface area contributed by atoms with Crippen molar-refractivity contribution in [2.45, 2.75) is 6.42 Å². The van der Waals surface area contributed by atoms with E-state index in [1.54, 1.807) is 12.3 Å². The van der Waals surface area contributed by atoms with Gasteiger partial charge in [0.25, 0.3) is 0 Å². The van der Waals surface area contributed by atoms with Crippen LogP contribution >= 0.6 is 22.6 Å². The van der Waals surface area contributed by atoms with Gasteiger partial charge in [0.05, 0.1) is 13.2 Å². The molecule has 0 aromatic carbocycles. The van der Waals surface area contributed by atoms with E-state index >= 15 is 0 Å². The number of primary amides is 1. The van der Waals surface area contributed by atoms with Crippen LogP contribution in [-0.2, 0) is 4.74 Å². The van der Waals surface area contributed by atoms with Gasteiger partial charge >= 0.3 is 6.09 Å². The van der Waals surface area contributed by atoms with Crippen molar-refractivity contribution in [1.82, 2.24) is 4.98 Å². The summed E-state index contributed by atoms with van der Waals surface area (Å²) in [7, 11) is 0. The topological polar surface area (TPSA) is 74.4 Å². The molecule has 0 atom stereocenters. The maximum absolute atomic E-state index is 10.2. The van der Waals surface area contributed by atoms with Gasteiger partial charge in [0.1, 0.15) is 0 Å². The van der Waals surface area contributed by atoms with E-state index in [1.807, 2.05) is 6.07 Å². The van der Waals surface area contributed by atoms with Gasteiger partial charge in [-0.2, -0.15) is 0 Å². The molecule has 1 amide bonds. The molecule has 0 fully saturated rings. The Morgan fingerprint density at radius 1 is 1.47 bits per heavy atom. The Hall–Kier alpha value is -1.05. The molecule has 1 rings (SSSR count). The van der Waals surface area contributed by atoms with Gasteiger partial charge in [0.2, 0.25) is 5.88 Å². The van der Waals surface area contributed by atoms with Gasteiger partial charge in [-0.05, 0) is 28.7 Å². The molecule has 15 heavy (non-hydrogen) atoms. The molecule has 0 bridgehead atoms. The average Bonchev–Trinajstić information content (AvgIpc) is 2.20. The van der Waals surface area contributed by atoms with Crippen molar-refractivity contribution >= 4 is 28.7 Å². The third-order valence-electron chi connectivity index (χ3n) is 1.48. The standard InChI is InChI=1S/C9H11IN2O3/c10-7-2-3-8(12-6-7)14-4-1-5-15-9(11)13/h2-3,6H,1,4-5H2,(H2,11,13). The summed E-state index contributed by atoms with van der Waals surface area (Å²) in [6.07, 6.45) is 1.55. The molecule has 0 aliphatic carbocycles. The number of carbonyl (C=O) groups excluding carboxylic acids is 1. The van der Waals surface area contributed by atoms with E-state index in [1.165, 1.54) is 0 Å². The molecule has 0 saturated heterocycles. The summed E-state index contributed by atoms with van der Waals surface area (Å²) in [5.41, 5.74) is 4.79. The zero-order valence-corrected chi connectivity index (χ0v) is 10.1. The van der Waals surface area contributed by atoms with Gasteiger partial charge in [0, 0.05) is 22.3 Å². The Morgan fingerprint density at radius 3 is 2.87 bits per heavy atom. The van der Waals surface area contributed by atoms with Crippen LogP contribution in [0.25, 0.3) is 0 Å². The van der Waals surface area contributed by atoms with E-state index in [4.69, 9.17) is 10.5 Å². The fourth-order valence-electron chi connectivity index (χ4n) is 0.856. The summed E-state index contributed by atoms with van der Waals surface area (Å²) in [4.78, 5) is 14.3. The van der Waals surface area contributed by atoms with E-state index < -0.39 is 6.09 Å².